The summed E-state index contributed by atoms with van der Waals surface area (Å²) in [5, 5.41) is 3.55. The Labute approximate surface area is 237 Å². The third-order valence-electron chi connectivity index (χ3n) is 6.62. The first-order valence-corrected chi connectivity index (χ1v) is 13.5. The number of ether oxygens (including phenoxy) is 3. The summed E-state index contributed by atoms with van der Waals surface area (Å²) in [6, 6.07) is 14.4. The number of nitrogens with zero attached hydrogens (tertiary/aromatic N) is 5. The lowest BCUT2D eigenvalue weighted by Crippen LogP contribution is -2.49. The van der Waals surface area contributed by atoms with Crippen molar-refractivity contribution in [2.75, 3.05) is 57.2 Å². The lowest BCUT2D eigenvalue weighted by Gasteiger charge is -2.35. The van der Waals surface area contributed by atoms with Crippen molar-refractivity contribution >= 4 is 40.8 Å². The number of nitrogens with two attached hydrogens (primary N) is 1. The number of carbonyl (C=O) groups is 1. The number of nitrogens with one attached hydrogen (secondary N) is 1. The summed E-state index contributed by atoms with van der Waals surface area (Å²) in [4.78, 5) is 30.3. The van der Waals surface area contributed by atoms with Crippen LogP contribution in [0.1, 0.15) is 12.8 Å². The fourth-order valence-corrected chi connectivity index (χ4v) is 4.52. The zero-order valence-corrected chi connectivity index (χ0v) is 23.2. The molecular weight excluding hydrogens is 534 g/mol. The number of aliphatic imine (C=N–C) groups is 1. The van der Waals surface area contributed by atoms with Crippen LogP contribution >= 0.6 is 11.6 Å². The van der Waals surface area contributed by atoms with Crippen LogP contribution in [-0.4, -0.2) is 73.6 Å². The highest BCUT2D eigenvalue weighted by Gasteiger charge is 2.35. The van der Waals surface area contributed by atoms with Crippen LogP contribution in [0.3, 0.4) is 0 Å². The van der Waals surface area contributed by atoms with Gasteiger partial charge in [0.05, 0.1) is 31.5 Å². The van der Waals surface area contributed by atoms with Crippen molar-refractivity contribution < 1.29 is 19.0 Å². The molecule has 1 amide bonds. The summed E-state index contributed by atoms with van der Waals surface area (Å²) in [5.74, 6) is 3.38. The number of methoxy groups -OCH3 is 2. The Hall–Kier alpha value is -4.25. The number of benzene rings is 2. The lowest BCUT2D eigenvalue weighted by atomic mass is 10.2. The molecule has 1 aromatic heterocycles. The number of para-hydroxylation sites is 1. The number of carbonyl (C=O) groups excluding carboxylic acids is 1. The fraction of sp³-hybridized carbons (Fsp3) is 0.357. The van der Waals surface area contributed by atoms with Gasteiger partial charge in [0.15, 0.2) is 17.2 Å². The summed E-state index contributed by atoms with van der Waals surface area (Å²) in [6.45, 7) is 2.70. The molecule has 5 rings (SSSR count). The minimum atomic E-state index is 0.199. The van der Waals surface area contributed by atoms with Gasteiger partial charge in [-0.1, -0.05) is 29.8 Å². The second-order valence-corrected chi connectivity index (χ2v) is 9.92. The standard InChI is InChI=1S/C28H32ClN7O4/c1-38-22-14-20(29)21(15-23(22)39-2)40-26-16-25(31-17-24(30)32-19-6-4-3-5-7-19)33-28(34-26)36-12-10-35(11-13-36)27(37)18-8-9-18/h3-7,14-16,18H,8-13,17H2,1-2H3,(H2,30,32)(H,31,33,34). The highest BCUT2D eigenvalue weighted by atomic mass is 35.5. The minimum Gasteiger partial charge on any atom is -0.493 e. The Morgan fingerprint density at radius 1 is 1.02 bits per heavy atom. The largest absolute Gasteiger partial charge is 0.493 e. The number of amidine groups is 1. The molecule has 2 aliphatic rings. The van der Waals surface area contributed by atoms with Crippen LogP contribution in [0.15, 0.2) is 53.5 Å². The molecule has 11 nitrogen and oxygen atoms in total. The van der Waals surface area contributed by atoms with E-state index in [-0.39, 0.29) is 24.2 Å². The normalized spacial score (nSPS) is 15.5. The third kappa shape index (κ3) is 6.66. The van der Waals surface area contributed by atoms with Crippen molar-refractivity contribution in [2.45, 2.75) is 12.8 Å². The number of anilines is 2. The van der Waals surface area contributed by atoms with Gasteiger partial charge in [-0.25, -0.2) is 4.99 Å². The molecule has 2 aromatic carbocycles. The maximum Gasteiger partial charge on any atom is 0.230 e. The Morgan fingerprint density at radius 3 is 2.40 bits per heavy atom. The Morgan fingerprint density at radius 2 is 1.73 bits per heavy atom. The monoisotopic (exact) mass is 565 g/mol. The van der Waals surface area contributed by atoms with E-state index in [1.165, 1.54) is 14.2 Å². The number of rotatable bonds is 10. The van der Waals surface area contributed by atoms with Crippen LogP contribution in [0.25, 0.3) is 0 Å². The van der Waals surface area contributed by atoms with Crippen molar-refractivity contribution in [3.8, 4) is 23.1 Å². The third-order valence-corrected chi connectivity index (χ3v) is 6.92. The van der Waals surface area contributed by atoms with Gasteiger partial charge in [-0.2, -0.15) is 9.97 Å². The molecule has 0 spiro atoms. The van der Waals surface area contributed by atoms with Crippen molar-refractivity contribution in [1.29, 1.82) is 0 Å². The molecule has 3 N–H and O–H groups in total. The number of hydrogen-bond acceptors (Lipinski definition) is 9. The average Bonchev–Trinajstić information content (AvgIpc) is 3.83. The molecule has 210 valence electrons. The van der Waals surface area contributed by atoms with Gasteiger partial charge in [-0.3, -0.25) is 4.79 Å². The predicted molar refractivity (Wildman–Crippen MR) is 154 cm³/mol. The summed E-state index contributed by atoms with van der Waals surface area (Å²) in [5.41, 5.74) is 6.93. The van der Waals surface area contributed by atoms with Crippen LogP contribution in [0.5, 0.6) is 23.1 Å². The molecular formula is C28H32ClN7O4. The molecule has 40 heavy (non-hydrogen) atoms. The molecule has 0 bridgehead atoms. The first-order valence-electron chi connectivity index (χ1n) is 13.1. The topological polar surface area (TPSA) is 127 Å². The molecule has 0 unspecified atom stereocenters. The Bertz CT molecular complexity index is 1380. The summed E-state index contributed by atoms with van der Waals surface area (Å²) in [6.07, 6.45) is 1.98. The van der Waals surface area contributed by atoms with Crippen molar-refractivity contribution in [1.82, 2.24) is 14.9 Å². The smallest absolute Gasteiger partial charge is 0.230 e. The Balaban J connectivity index is 1.37. The second kappa shape index (κ2) is 12.3. The predicted octanol–water partition coefficient (Wildman–Crippen LogP) is 4.10. The van der Waals surface area contributed by atoms with Crippen LogP contribution in [-0.2, 0) is 4.79 Å². The van der Waals surface area contributed by atoms with Gasteiger partial charge in [0.2, 0.25) is 17.7 Å². The first-order chi connectivity index (χ1) is 19.4. The van der Waals surface area contributed by atoms with Crippen LogP contribution in [0, 0.1) is 5.92 Å². The van der Waals surface area contributed by atoms with Gasteiger partial charge in [-0.05, 0) is 25.0 Å². The molecule has 1 aliphatic heterocycles. The zero-order chi connectivity index (χ0) is 28.1. The number of piperazine rings is 1. The quantitative estimate of drug-likeness (QED) is 0.276. The average molecular weight is 566 g/mol. The Kier molecular flexibility index (Phi) is 8.40. The maximum atomic E-state index is 12.5. The molecule has 1 saturated carbocycles. The van der Waals surface area contributed by atoms with Crippen molar-refractivity contribution in [3.05, 3.63) is 53.6 Å². The highest BCUT2D eigenvalue weighted by Crippen LogP contribution is 2.39. The van der Waals surface area contributed by atoms with E-state index in [4.69, 9.17) is 36.5 Å². The van der Waals surface area contributed by atoms with Gasteiger partial charge in [0.25, 0.3) is 0 Å². The number of halogens is 1. The fourth-order valence-electron chi connectivity index (χ4n) is 4.33. The van der Waals surface area contributed by atoms with Crippen molar-refractivity contribution in [3.63, 3.8) is 0 Å². The molecule has 2 fully saturated rings. The zero-order valence-electron chi connectivity index (χ0n) is 22.5. The van der Waals surface area contributed by atoms with E-state index in [1.807, 2.05) is 40.1 Å². The lowest BCUT2D eigenvalue weighted by molar-refractivity contribution is -0.132. The highest BCUT2D eigenvalue weighted by molar-refractivity contribution is 6.32. The summed E-state index contributed by atoms with van der Waals surface area (Å²) >= 11 is 6.47. The van der Waals surface area contributed by atoms with E-state index in [0.29, 0.717) is 66.1 Å². The number of amides is 1. The van der Waals surface area contributed by atoms with Gasteiger partial charge < -0.3 is 35.1 Å². The van der Waals surface area contributed by atoms with Crippen molar-refractivity contribution in [2.24, 2.45) is 16.6 Å². The summed E-state index contributed by atoms with van der Waals surface area (Å²) in [7, 11) is 3.07. The van der Waals surface area contributed by atoms with E-state index >= 15 is 0 Å². The van der Waals surface area contributed by atoms with Gasteiger partial charge in [-0.15, -0.1) is 0 Å². The number of hydrogen-bond donors (Lipinski definition) is 2. The van der Waals surface area contributed by atoms with Gasteiger partial charge in [0.1, 0.15) is 11.7 Å². The van der Waals surface area contributed by atoms with E-state index < -0.39 is 0 Å². The first kappa shape index (κ1) is 27.3. The van der Waals surface area contributed by atoms with E-state index in [2.05, 4.69) is 15.3 Å². The molecule has 2 heterocycles. The molecule has 3 aromatic rings. The molecule has 0 atom stereocenters. The molecule has 0 radical (unpaired) electrons. The SMILES string of the molecule is COc1cc(Cl)c(Oc2cc(NCC(N)=Nc3ccccc3)nc(N3CCN(C(=O)C4CC4)CC3)n2)cc1OC. The molecule has 12 heteroatoms. The van der Waals surface area contributed by atoms with Crippen LogP contribution in [0.4, 0.5) is 17.5 Å². The second-order valence-electron chi connectivity index (χ2n) is 9.51. The van der Waals surface area contributed by atoms with Crippen LogP contribution in [0.2, 0.25) is 5.02 Å². The maximum absolute atomic E-state index is 12.5. The molecule has 1 saturated heterocycles. The van der Waals surface area contributed by atoms with E-state index in [0.717, 1.165) is 18.5 Å². The van der Waals surface area contributed by atoms with E-state index in [9.17, 15) is 4.79 Å². The van der Waals surface area contributed by atoms with E-state index in [1.54, 1.807) is 18.2 Å². The minimum absolute atomic E-state index is 0.199. The van der Waals surface area contributed by atoms with Gasteiger partial charge in [0, 0.05) is 50.3 Å². The number of aromatic nitrogens is 2. The van der Waals surface area contributed by atoms with Gasteiger partial charge >= 0.3 is 0 Å². The molecule has 1 aliphatic carbocycles. The van der Waals surface area contributed by atoms with Crippen LogP contribution < -0.4 is 30.2 Å². The summed E-state index contributed by atoms with van der Waals surface area (Å²) < 4.78 is 16.8.